The van der Waals surface area contributed by atoms with Crippen LogP contribution in [0.3, 0.4) is 0 Å². The molecular formula is C25H24O4. The molecular weight excluding hydrogens is 364 g/mol. The SMILES string of the molecule is CCCC(Oc1ccccc1C=O)C(=O)OC(c1ccccc1)c1ccccc1. The van der Waals surface area contributed by atoms with Gasteiger partial charge in [-0.25, -0.2) is 4.79 Å². The first kappa shape index (κ1) is 20.3. The molecule has 3 rings (SSSR count). The van der Waals surface area contributed by atoms with E-state index in [0.29, 0.717) is 17.7 Å². The number of hydrogen-bond acceptors (Lipinski definition) is 4. The van der Waals surface area contributed by atoms with Gasteiger partial charge in [0.05, 0.1) is 5.56 Å². The van der Waals surface area contributed by atoms with E-state index in [0.717, 1.165) is 23.8 Å². The lowest BCUT2D eigenvalue weighted by atomic mass is 10.0. The maximum atomic E-state index is 13.1. The highest BCUT2D eigenvalue weighted by Gasteiger charge is 2.27. The van der Waals surface area contributed by atoms with Gasteiger partial charge in [-0.05, 0) is 29.7 Å². The molecule has 0 radical (unpaired) electrons. The van der Waals surface area contributed by atoms with Crippen molar-refractivity contribution in [3.63, 3.8) is 0 Å². The zero-order valence-corrected chi connectivity index (χ0v) is 16.4. The van der Waals surface area contributed by atoms with Gasteiger partial charge >= 0.3 is 5.97 Å². The molecule has 0 fully saturated rings. The first-order valence-corrected chi connectivity index (χ1v) is 9.74. The van der Waals surface area contributed by atoms with Crippen LogP contribution in [0, 0.1) is 0 Å². The van der Waals surface area contributed by atoms with E-state index in [-0.39, 0.29) is 0 Å². The number of aldehydes is 1. The third-order valence-electron chi connectivity index (χ3n) is 4.57. The molecule has 3 aromatic carbocycles. The average Bonchev–Trinajstić information content (AvgIpc) is 2.78. The summed E-state index contributed by atoms with van der Waals surface area (Å²) in [5.41, 5.74) is 2.18. The fourth-order valence-electron chi connectivity index (χ4n) is 3.10. The number of rotatable bonds is 9. The Morgan fingerprint density at radius 2 is 1.41 bits per heavy atom. The van der Waals surface area contributed by atoms with Crippen LogP contribution >= 0.6 is 0 Å². The summed E-state index contributed by atoms with van der Waals surface area (Å²) in [6.45, 7) is 1.97. The van der Waals surface area contributed by atoms with E-state index in [2.05, 4.69) is 0 Å². The van der Waals surface area contributed by atoms with E-state index in [1.165, 1.54) is 0 Å². The third-order valence-corrected chi connectivity index (χ3v) is 4.57. The minimum absolute atomic E-state index is 0.383. The van der Waals surface area contributed by atoms with E-state index in [4.69, 9.17) is 9.47 Å². The third kappa shape index (κ3) is 5.32. The van der Waals surface area contributed by atoms with Gasteiger partial charge in [0.1, 0.15) is 5.75 Å². The molecule has 1 atom stereocenters. The van der Waals surface area contributed by atoms with Crippen LogP contribution in [-0.4, -0.2) is 18.4 Å². The number of para-hydroxylation sites is 1. The fourth-order valence-corrected chi connectivity index (χ4v) is 3.10. The first-order chi connectivity index (χ1) is 14.2. The van der Waals surface area contributed by atoms with Crippen molar-refractivity contribution >= 4 is 12.3 Å². The molecule has 3 aromatic rings. The molecule has 0 aliphatic heterocycles. The molecule has 148 valence electrons. The lowest BCUT2D eigenvalue weighted by molar-refractivity contribution is -0.156. The number of carbonyl (C=O) groups excluding carboxylic acids is 2. The van der Waals surface area contributed by atoms with Crippen molar-refractivity contribution in [2.45, 2.75) is 32.0 Å². The number of benzene rings is 3. The zero-order chi connectivity index (χ0) is 20.5. The smallest absolute Gasteiger partial charge is 0.348 e. The van der Waals surface area contributed by atoms with Gasteiger partial charge in [0.25, 0.3) is 0 Å². The minimum Gasteiger partial charge on any atom is -0.478 e. The second kappa shape index (κ2) is 10.2. The molecule has 4 heteroatoms. The summed E-state index contributed by atoms with van der Waals surface area (Å²) < 4.78 is 11.8. The largest absolute Gasteiger partial charge is 0.478 e. The topological polar surface area (TPSA) is 52.6 Å². The zero-order valence-electron chi connectivity index (χ0n) is 16.4. The molecule has 29 heavy (non-hydrogen) atoms. The van der Waals surface area contributed by atoms with Crippen LogP contribution in [0.2, 0.25) is 0 Å². The monoisotopic (exact) mass is 388 g/mol. The van der Waals surface area contributed by atoms with Gasteiger partial charge in [-0.1, -0.05) is 86.1 Å². The van der Waals surface area contributed by atoms with Gasteiger partial charge < -0.3 is 9.47 Å². The van der Waals surface area contributed by atoms with Crippen molar-refractivity contribution in [3.8, 4) is 5.75 Å². The molecule has 0 spiro atoms. The van der Waals surface area contributed by atoms with E-state index < -0.39 is 18.2 Å². The van der Waals surface area contributed by atoms with Crippen LogP contribution in [0.5, 0.6) is 5.75 Å². The van der Waals surface area contributed by atoms with E-state index >= 15 is 0 Å². The standard InChI is InChI=1S/C25H24O4/c1-2-11-23(28-22-17-10-9-16-21(22)18-26)25(27)29-24(19-12-5-3-6-13-19)20-14-7-4-8-15-20/h3-10,12-18,23-24H,2,11H2,1H3. The van der Waals surface area contributed by atoms with Crippen molar-refractivity contribution in [3.05, 3.63) is 102 Å². The van der Waals surface area contributed by atoms with E-state index in [9.17, 15) is 9.59 Å². The molecule has 0 heterocycles. The maximum absolute atomic E-state index is 13.1. The van der Waals surface area contributed by atoms with E-state index in [1.807, 2.05) is 67.6 Å². The first-order valence-electron chi connectivity index (χ1n) is 9.74. The van der Waals surface area contributed by atoms with Crippen molar-refractivity contribution in [2.24, 2.45) is 0 Å². The van der Waals surface area contributed by atoms with Crippen LogP contribution in [-0.2, 0) is 9.53 Å². The number of hydrogen-bond donors (Lipinski definition) is 0. The van der Waals surface area contributed by atoms with Crippen LogP contribution in [0.25, 0.3) is 0 Å². The Balaban J connectivity index is 1.85. The highest BCUT2D eigenvalue weighted by molar-refractivity contribution is 5.80. The van der Waals surface area contributed by atoms with Gasteiger partial charge in [-0.2, -0.15) is 0 Å². The van der Waals surface area contributed by atoms with Gasteiger partial charge in [0, 0.05) is 0 Å². The van der Waals surface area contributed by atoms with Gasteiger partial charge in [-0.15, -0.1) is 0 Å². The molecule has 0 bridgehead atoms. The van der Waals surface area contributed by atoms with Gasteiger partial charge in [0.2, 0.25) is 0 Å². The normalized spacial score (nSPS) is 11.7. The maximum Gasteiger partial charge on any atom is 0.348 e. The van der Waals surface area contributed by atoms with Gasteiger partial charge in [0.15, 0.2) is 18.5 Å². The fraction of sp³-hybridized carbons (Fsp3) is 0.200. The molecule has 4 nitrogen and oxygen atoms in total. The Kier molecular flexibility index (Phi) is 7.17. The van der Waals surface area contributed by atoms with Crippen molar-refractivity contribution in [1.29, 1.82) is 0 Å². The molecule has 0 aliphatic rings. The van der Waals surface area contributed by atoms with Crippen molar-refractivity contribution in [1.82, 2.24) is 0 Å². The lowest BCUT2D eigenvalue weighted by Crippen LogP contribution is -2.31. The average molecular weight is 388 g/mol. The Bertz CT molecular complexity index is 882. The number of ether oxygens (including phenoxy) is 2. The minimum atomic E-state index is -0.795. The molecule has 0 amide bonds. The predicted octanol–water partition coefficient (Wildman–Crippen LogP) is 5.38. The molecule has 0 aliphatic carbocycles. The Hall–Kier alpha value is -3.40. The Morgan fingerprint density at radius 3 is 1.97 bits per heavy atom. The van der Waals surface area contributed by atoms with Crippen molar-refractivity contribution in [2.75, 3.05) is 0 Å². The Morgan fingerprint density at radius 1 is 0.862 bits per heavy atom. The number of esters is 1. The molecule has 0 saturated carbocycles. The molecule has 0 aromatic heterocycles. The highest BCUT2D eigenvalue weighted by Crippen LogP contribution is 2.28. The summed E-state index contributed by atoms with van der Waals surface area (Å²) >= 11 is 0. The summed E-state index contributed by atoms with van der Waals surface area (Å²) in [5, 5.41) is 0. The Labute approximate surface area is 171 Å². The van der Waals surface area contributed by atoms with E-state index in [1.54, 1.807) is 24.3 Å². The van der Waals surface area contributed by atoms with Gasteiger partial charge in [-0.3, -0.25) is 4.79 Å². The summed E-state index contributed by atoms with van der Waals surface area (Å²) in [7, 11) is 0. The second-order valence-electron chi connectivity index (χ2n) is 6.69. The predicted molar refractivity (Wildman–Crippen MR) is 112 cm³/mol. The lowest BCUT2D eigenvalue weighted by Gasteiger charge is -2.23. The molecule has 1 unspecified atom stereocenters. The van der Waals surface area contributed by atoms with Crippen LogP contribution in [0.4, 0.5) is 0 Å². The molecule has 0 N–H and O–H groups in total. The summed E-state index contributed by atoms with van der Waals surface area (Å²) in [5.74, 6) is -0.0702. The van der Waals surface area contributed by atoms with Crippen LogP contribution < -0.4 is 4.74 Å². The quantitative estimate of drug-likeness (QED) is 0.365. The van der Waals surface area contributed by atoms with Crippen molar-refractivity contribution < 1.29 is 19.1 Å². The highest BCUT2D eigenvalue weighted by atomic mass is 16.6. The van der Waals surface area contributed by atoms with Crippen LogP contribution in [0.15, 0.2) is 84.9 Å². The second-order valence-corrected chi connectivity index (χ2v) is 6.69. The number of carbonyl (C=O) groups is 2. The van der Waals surface area contributed by atoms with Crippen LogP contribution in [0.1, 0.15) is 47.4 Å². The summed E-state index contributed by atoms with van der Waals surface area (Å²) in [6.07, 6.45) is 0.623. The summed E-state index contributed by atoms with van der Waals surface area (Å²) in [4.78, 5) is 24.3. The summed E-state index contributed by atoms with van der Waals surface area (Å²) in [6, 6.07) is 26.1. The molecule has 0 saturated heterocycles.